The number of benzene rings is 2. The number of hydrogen-bond donors (Lipinski definition) is 1. The van der Waals surface area contributed by atoms with Gasteiger partial charge in [-0.3, -0.25) is 0 Å². The Balaban J connectivity index is 2.02. The second kappa shape index (κ2) is 5.24. The van der Waals surface area contributed by atoms with Gasteiger partial charge in [-0.15, -0.1) is 0 Å². The van der Waals surface area contributed by atoms with E-state index in [1.165, 1.54) is 10.8 Å². The van der Waals surface area contributed by atoms with E-state index < -0.39 is 0 Å². The van der Waals surface area contributed by atoms with E-state index in [-0.39, 0.29) is 0 Å². The zero-order chi connectivity index (χ0) is 13.1. The number of fused-ring (bicyclic) bond motifs is 1. The van der Waals surface area contributed by atoms with Crippen molar-refractivity contribution in [1.82, 2.24) is 4.98 Å². The highest BCUT2D eigenvalue weighted by Gasteiger charge is 2.09. The Bertz CT molecular complexity index is 683. The molecular weight excluding hydrogens is 236 g/mol. The summed E-state index contributed by atoms with van der Waals surface area (Å²) < 4.78 is 5.81. The first-order valence-electron chi connectivity index (χ1n) is 6.51. The summed E-state index contributed by atoms with van der Waals surface area (Å²) in [5.74, 6) is 1.58. The molecular formula is C16H16N2O. The van der Waals surface area contributed by atoms with Crippen LogP contribution in [0.25, 0.3) is 22.1 Å². The van der Waals surface area contributed by atoms with Crippen LogP contribution in [0.4, 0.5) is 0 Å². The minimum Gasteiger partial charge on any atom is -0.441 e. The summed E-state index contributed by atoms with van der Waals surface area (Å²) in [6, 6.07) is 14.5. The van der Waals surface area contributed by atoms with Gasteiger partial charge in [-0.25, -0.2) is 4.98 Å². The van der Waals surface area contributed by atoms with E-state index in [2.05, 4.69) is 29.2 Å². The standard InChI is InChI=1S/C16H16N2O/c17-10-4-9-16-18-11-15(19-16)14-8-3-6-12-5-1-2-7-13(12)14/h1-3,5-8,11H,4,9-10,17H2. The van der Waals surface area contributed by atoms with Crippen molar-refractivity contribution < 1.29 is 4.42 Å². The summed E-state index contributed by atoms with van der Waals surface area (Å²) in [7, 11) is 0. The van der Waals surface area contributed by atoms with Crippen molar-refractivity contribution in [3.63, 3.8) is 0 Å². The first kappa shape index (κ1) is 11.9. The third kappa shape index (κ3) is 2.37. The first-order chi connectivity index (χ1) is 9.38. The predicted molar refractivity (Wildman–Crippen MR) is 76.8 cm³/mol. The largest absolute Gasteiger partial charge is 0.441 e. The van der Waals surface area contributed by atoms with Crippen molar-refractivity contribution in [3.05, 3.63) is 54.6 Å². The molecule has 3 heteroatoms. The molecule has 0 bridgehead atoms. The molecule has 3 nitrogen and oxygen atoms in total. The third-order valence-electron chi connectivity index (χ3n) is 3.20. The highest BCUT2D eigenvalue weighted by atomic mass is 16.4. The Morgan fingerprint density at radius 1 is 1.05 bits per heavy atom. The Labute approximate surface area is 112 Å². The minimum atomic E-state index is 0.659. The number of rotatable bonds is 4. The molecule has 0 aliphatic heterocycles. The van der Waals surface area contributed by atoms with Gasteiger partial charge in [0.15, 0.2) is 11.7 Å². The maximum Gasteiger partial charge on any atom is 0.194 e. The molecule has 0 aliphatic rings. The van der Waals surface area contributed by atoms with E-state index in [1.54, 1.807) is 6.20 Å². The average molecular weight is 252 g/mol. The number of nitrogens with zero attached hydrogens (tertiary/aromatic N) is 1. The maximum absolute atomic E-state index is 5.81. The number of nitrogens with two attached hydrogens (primary N) is 1. The molecule has 0 amide bonds. The highest BCUT2D eigenvalue weighted by Crippen LogP contribution is 2.29. The minimum absolute atomic E-state index is 0.659. The van der Waals surface area contributed by atoms with Gasteiger partial charge in [0.25, 0.3) is 0 Å². The van der Waals surface area contributed by atoms with Crippen LogP contribution < -0.4 is 5.73 Å². The lowest BCUT2D eigenvalue weighted by atomic mass is 10.0. The zero-order valence-electron chi connectivity index (χ0n) is 10.7. The van der Waals surface area contributed by atoms with Crippen LogP contribution in [0.3, 0.4) is 0 Å². The summed E-state index contributed by atoms with van der Waals surface area (Å²) >= 11 is 0. The number of aromatic nitrogens is 1. The molecule has 0 atom stereocenters. The Hall–Kier alpha value is -2.13. The lowest BCUT2D eigenvalue weighted by molar-refractivity contribution is 0.500. The van der Waals surface area contributed by atoms with Crippen LogP contribution in [-0.4, -0.2) is 11.5 Å². The van der Waals surface area contributed by atoms with E-state index in [1.807, 2.05) is 18.2 Å². The fraction of sp³-hybridized carbons (Fsp3) is 0.188. The van der Waals surface area contributed by atoms with Gasteiger partial charge in [0.05, 0.1) is 6.20 Å². The normalized spacial score (nSPS) is 11.0. The van der Waals surface area contributed by atoms with Gasteiger partial charge < -0.3 is 10.2 Å². The van der Waals surface area contributed by atoms with Crippen LogP contribution in [0.5, 0.6) is 0 Å². The van der Waals surface area contributed by atoms with Gasteiger partial charge in [0.2, 0.25) is 0 Å². The van der Waals surface area contributed by atoms with Crippen LogP contribution in [-0.2, 0) is 6.42 Å². The lowest BCUT2D eigenvalue weighted by Gasteiger charge is -2.02. The van der Waals surface area contributed by atoms with Crippen molar-refractivity contribution in [2.24, 2.45) is 5.73 Å². The predicted octanol–water partition coefficient (Wildman–Crippen LogP) is 3.39. The summed E-state index contributed by atoms with van der Waals surface area (Å²) in [4.78, 5) is 4.31. The van der Waals surface area contributed by atoms with E-state index in [0.29, 0.717) is 6.54 Å². The molecule has 2 aromatic carbocycles. The summed E-state index contributed by atoms with van der Waals surface area (Å²) in [6.07, 6.45) is 3.49. The summed E-state index contributed by atoms with van der Waals surface area (Å²) in [6.45, 7) is 0.659. The second-order valence-corrected chi connectivity index (χ2v) is 4.54. The first-order valence-corrected chi connectivity index (χ1v) is 6.51. The molecule has 3 rings (SSSR count). The third-order valence-corrected chi connectivity index (χ3v) is 3.20. The van der Waals surface area contributed by atoms with Gasteiger partial charge in [-0.05, 0) is 23.7 Å². The molecule has 0 radical (unpaired) electrons. The van der Waals surface area contributed by atoms with Crippen molar-refractivity contribution in [2.45, 2.75) is 12.8 Å². The maximum atomic E-state index is 5.81. The van der Waals surface area contributed by atoms with Crippen LogP contribution >= 0.6 is 0 Å². The molecule has 0 saturated heterocycles. The summed E-state index contributed by atoms with van der Waals surface area (Å²) in [5, 5.41) is 2.39. The SMILES string of the molecule is NCCCc1ncc(-c2cccc3ccccc23)o1. The van der Waals surface area contributed by atoms with E-state index >= 15 is 0 Å². The highest BCUT2D eigenvalue weighted by molar-refractivity contribution is 5.95. The van der Waals surface area contributed by atoms with Crippen LogP contribution in [0.15, 0.2) is 53.1 Å². The molecule has 0 unspecified atom stereocenters. The van der Waals surface area contributed by atoms with Gasteiger partial charge in [-0.2, -0.15) is 0 Å². The molecule has 0 spiro atoms. The second-order valence-electron chi connectivity index (χ2n) is 4.54. The van der Waals surface area contributed by atoms with Crippen LogP contribution in [0, 0.1) is 0 Å². The van der Waals surface area contributed by atoms with Gasteiger partial charge in [0, 0.05) is 12.0 Å². The average Bonchev–Trinajstić information content (AvgIpc) is 2.93. The number of oxazole rings is 1. The van der Waals surface area contributed by atoms with Crippen LogP contribution in [0.1, 0.15) is 12.3 Å². The van der Waals surface area contributed by atoms with Gasteiger partial charge >= 0.3 is 0 Å². The molecule has 0 saturated carbocycles. The van der Waals surface area contributed by atoms with Crippen molar-refractivity contribution >= 4 is 10.8 Å². The molecule has 0 fully saturated rings. The van der Waals surface area contributed by atoms with Crippen molar-refractivity contribution in [1.29, 1.82) is 0 Å². The monoisotopic (exact) mass is 252 g/mol. The van der Waals surface area contributed by atoms with E-state index in [4.69, 9.17) is 10.2 Å². The summed E-state index contributed by atoms with van der Waals surface area (Å²) in [5.41, 5.74) is 6.59. The van der Waals surface area contributed by atoms with Crippen LogP contribution in [0.2, 0.25) is 0 Å². The number of aryl methyl sites for hydroxylation is 1. The van der Waals surface area contributed by atoms with Gasteiger partial charge in [0.1, 0.15) is 0 Å². The van der Waals surface area contributed by atoms with Gasteiger partial charge in [-0.1, -0.05) is 42.5 Å². The van der Waals surface area contributed by atoms with Crippen molar-refractivity contribution in [3.8, 4) is 11.3 Å². The Morgan fingerprint density at radius 2 is 1.89 bits per heavy atom. The number of hydrogen-bond acceptors (Lipinski definition) is 3. The fourth-order valence-electron chi connectivity index (χ4n) is 2.24. The molecule has 3 aromatic rings. The fourth-order valence-corrected chi connectivity index (χ4v) is 2.24. The quantitative estimate of drug-likeness (QED) is 0.774. The molecule has 19 heavy (non-hydrogen) atoms. The Kier molecular flexibility index (Phi) is 3.29. The molecule has 96 valence electrons. The molecule has 0 aliphatic carbocycles. The van der Waals surface area contributed by atoms with E-state index in [9.17, 15) is 0 Å². The zero-order valence-corrected chi connectivity index (χ0v) is 10.7. The molecule has 2 N–H and O–H groups in total. The smallest absolute Gasteiger partial charge is 0.194 e. The Morgan fingerprint density at radius 3 is 2.79 bits per heavy atom. The van der Waals surface area contributed by atoms with E-state index in [0.717, 1.165) is 30.1 Å². The molecule has 1 heterocycles. The van der Waals surface area contributed by atoms with Crippen molar-refractivity contribution in [2.75, 3.05) is 6.54 Å². The topological polar surface area (TPSA) is 52.0 Å². The molecule has 1 aromatic heterocycles. The lowest BCUT2D eigenvalue weighted by Crippen LogP contribution is -2.00.